The van der Waals surface area contributed by atoms with Gasteiger partial charge in [0.25, 0.3) is 11.8 Å². The van der Waals surface area contributed by atoms with Crippen molar-refractivity contribution in [2.75, 3.05) is 5.32 Å². The molecule has 1 aliphatic rings. The molecule has 6 nitrogen and oxygen atoms in total. The maximum absolute atomic E-state index is 12.6. The molecule has 0 saturated heterocycles. The maximum atomic E-state index is 12.6. The Morgan fingerprint density at radius 1 is 1.08 bits per heavy atom. The molecule has 0 spiro atoms. The number of benzene rings is 1. The van der Waals surface area contributed by atoms with Crippen LogP contribution in [0.1, 0.15) is 39.4 Å². The van der Waals surface area contributed by atoms with Gasteiger partial charge in [-0.1, -0.05) is 18.2 Å². The van der Waals surface area contributed by atoms with Gasteiger partial charge in [0.2, 0.25) is 0 Å². The van der Waals surface area contributed by atoms with Crippen molar-refractivity contribution >= 4 is 23.1 Å². The predicted molar refractivity (Wildman–Crippen MR) is 94.8 cm³/mol. The topological polar surface area (TPSA) is 75.5 Å². The van der Waals surface area contributed by atoms with Gasteiger partial charge in [-0.3, -0.25) is 9.59 Å². The van der Waals surface area contributed by atoms with Crippen molar-refractivity contribution in [3.63, 3.8) is 0 Å². The highest BCUT2D eigenvalue weighted by molar-refractivity contribution is 6.08. The summed E-state index contributed by atoms with van der Waals surface area (Å²) in [6.07, 6.45) is 3.73. The first-order valence-corrected chi connectivity index (χ1v) is 8.28. The van der Waals surface area contributed by atoms with E-state index >= 15 is 0 Å². The lowest BCUT2D eigenvalue weighted by atomic mass is 10.1. The first-order valence-electron chi connectivity index (χ1n) is 8.28. The van der Waals surface area contributed by atoms with Crippen molar-refractivity contribution in [1.29, 1.82) is 0 Å². The summed E-state index contributed by atoms with van der Waals surface area (Å²) in [6, 6.07) is 13.0. The Balaban J connectivity index is 1.59. The average molecular weight is 334 g/mol. The van der Waals surface area contributed by atoms with Crippen LogP contribution >= 0.6 is 0 Å². The quantitative estimate of drug-likeness (QED) is 0.770. The van der Waals surface area contributed by atoms with E-state index in [1.165, 1.54) is 0 Å². The van der Waals surface area contributed by atoms with Crippen LogP contribution in [0, 0.1) is 6.92 Å². The Bertz CT molecular complexity index is 972. The van der Waals surface area contributed by atoms with Crippen LogP contribution in [0.5, 0.6) is 0 Å². The lowest BCUT2D eigenvalue weighted by Crippen LogP contribution is -2.27. The van der Waals surface area contributed by atoms with E-state index in [0.29, 0.717) is 22.6 Å². The number of amides is 2. The number of carbonyl (C=O) groups is 2. The van der Waals surface area contributed by atoms with Crippen LogP contribution in [0.25, 0.3) is 5.65 Å². The number of hydrogen-bond acceptors (Lipinski definition) is 3. The van der Waals surface area contributed by atoms with Gasteiger partial charge in [-0.25, -0.2) is 4.98 Å². The third kappa shape index (κ3) is 3.10. The van der Waals surface area contributed by atoms with E-state index in [2.05, 4.69) is 15.6 Å². The molecule has 4 rings (SSSR count). The van der Waals surface area contributed by atoms with Gasteiger partial charge in [0, 0.05) is 17.9 Å². The first-order chi connectivity index (χ1) is 12.1. The van der Waals surface area contributed by atoms with Gasteiger partial charge in [-0.15, -0.1) is 0 Å². The normalized spacial score (nSPS) is 13.6. The summed E-state index contributed by atoms with van der Waals surface area (Å²) in [6.45, 7) is 1.95. The molecule has 0 aliphatic heterocycles. The fourth-order valence-electron chi connectivity index (χ4n) is 2.73. The van der Waals surface area contributed by atoms with Crippen LogP contribution in [0.3, 0.4) is 0 Å². The fraction of sp³-hybridized carbons (Fsp3) is 0.211. The molecule has 0 atom stereocenters. The van der Waals surface area contributed by atoms with Gasteiger partial charge in [0.15, 0.2) is 0 Å². The second-order valence-electron chi connectivity index (χ2n) is 6.27. The van der Waals surface area contributed by atoms with Crippen LogP contribution < -0.4 is 10.6 Å². The van der Waals surface area contributed by atoms with Gasteiger partial charge in [0.1, 0.15) is 11.3 Å². The van der Waals surface area contributed by atoms with Crippen molar-refractivity contribution in [3.8, 4) is 0 Å². The standard InChI is InChI=1S/C19H18N4O2/c1-12-5-4-8-17-21-16(11-23(12)17)19(25)22-15-7-3-2-6-14(15)18(24)20-13-9-10-13/h2-8,11,13H,9-10H2,1H3,(H,20,24)(H,22,25). The minimum atomic E-state index is -0.338. The molecule has 6 heteroatoms. The van der Waals surface area contributed by atoms with Crippen molar-refractivity contribution in [3.05, 3.63) is 65.6 Å². The molecule has 25 heavy (non-hydrogen) atoms. The number of carbonyl (C=O) groups excluding carboxylic acids is 2. The molecular formula is C19H18N4O2. The largest absolute Gasteiger partial charge is 0.349 e. The van der Waals surface area contributed by atoms with Crippen LogP contribution in [0.15, 0.2) is 48.7 Å². The Labute approximate surface area is 144 Å². The van der Waals surface area contributed by atoms with Crippen LogP contribution in [-0.4, -0.2) is 27.2 Å². The minimum absolute atomic E-state index is 0.163. The smallest absolute Gasteiger partial charge is 0.275 e. The monoisotopic (exact) mass is 334 g/mol. The Hall–Kier alpha value is -3.15. The highest BCUT2D eigenvalue weighted by Gasteiger charge is 2.25. The highest BCUT2D eigenvalue weighted by Crippen LogP contribution is 2.22. The third-order valence-corrected chi connectivity index (χ3v) is 4.26. The Kier molecular flexibility index (Phi) is 3.72. The summed E-state index contributed by atoms with van der Waals surface area (Å²) < 4.78 is 1.86. The van der Waals surface area contributed by atoms with Crippen molar-refractivity contribution < 1.29 is 9.59 Å². The van der Waals surface area contributed by atoms with E-state index in [-0.39, 0.29) is 17.9 Å². The molecule has 0 unspecified atom stereocenters. The molecule has 2 amide bonds. The van der Waals surface area contributed by atoms with E-state index in [1.807, 2.05) is 29.5 Å². The summed E-state index contributed by atoms with van der Waals surface area (Å²) in [4.78, 5) is 29.3. The number of rotatable bonds is 4. The molecule has 2 heterocycles. The van der Waals surface area contributed by atoms with Gasteiger partial charge < -0.3 is 15.0 Å². The number of anilines is 1. The number of imidazole rings is 1. The summed E-state index contributed by atoms with van der Waals surface area (Å²) in [5.41, 5.74) is 2.96. The number of aromatic nitrogens is 2. The molecule has 126 valence electrons. The number of para-hydroxylation sites is 1. The molecule has 0 bridgehead atoms. The van der Waals surface area contributed by atoms with E-state index in [9.17, 15) is 9.59 Å². The molecule has 1 aliphatic carbocycles. The number of nitrogens with zero attached hydrogens (tertiary/aromatic N) is 2. The number of aryl methyl sites for hydroxylation is 1. The number of hydrogen-bond donors (Lipinski definition) is 2. The maximum Gasteiger partial charge on any atom is 0.275 e. The van der Waals surface area contributed by atoms with E-state index < -0.39 is 0 Å². The molecule has 2 N–H and O–H groups in total. The van der Waals surface area contributed by atoms with E-state index in [0.717, 1.165) is 18.5 Å². The zero-order chi connectivity index (χ0) is 17.4. The van der Waals surface area contributed by atoms with E-state index in [4.69, 9.17) is 0 Å². The average Bonchev–Trinajstić information content (AvgIpc) is 3.30. The first kappa shape index (κ1) is 15.4. The molecule has 0 radical (unpaired) electrons. The molecule has 3 aromatic rings. The Morgan fingerprint density at radius 2 is 1.88 bits per heavy atom. The third-order valence-electron chi connectivity index (χ3n) is 4.26. The second-order valence-corrected chi connectivity index (χ2v) is 6.27. The number of nitrogens with one attached hydrogen (secondary N) is 2. The predicted octanol–water partition coefficient (Wildman–Crippen LogP) is 2.79. The molecule has 1 fully saturated rings. The van der Waals surface area contributed by atoms with Crippen LogP contribution in [-0.2, 0) is 0 Å². The van der Waals surface area contributed by atoms with Gasteiger partial charge in [0.05, 0.1) is 11.3 Å². The summed E-state index contributed by atoms with van der Waals surface area (Å²) in [5.74, 6) is -0.501. The summed E-state index contributed by atoms with van der Waals surface area (Å²) in [7, 11) is 0. The minimum Gasteiger partial charge on any atom is -0.349 e. The molecular weight excluding hydrogens is 316 g/mol. The van der Waals surface area contributed by atoms with Crippen LogP contribution in [0.4, 0.5) is 5.69 Å². The zero-order valence-corrected chi connectivity index (χ0v) is 13.8. The van der Waals surface area contributed by atoms with Gasteiger partial charge in [-0.05, 0) is 44.0 Å². The SMILES string of the molecule is Cc1cccc2nc(C(=O)Nc3ccccc3C(=O)NC3CC3)cn12. The number of pyridine rings is 1. The van der Waals surface area contributed by atoms with Gasteiger partial charge in [-0.2, -0.15) is 0 Å². The lowest BCUT2D eigenvalue weighted by molar-refractivity contribution is 0.0952. The van der Waals surface area contributed by atoms with Crippen LogP contribution in [0.2, 0.25) is 0 Å². The summed E-state index contributed by atoms with van der Waals surface area (Å²) >= 11 is 0. The molecule has 1 aromatic carbocycles. The zero-order valence-electron chi connectivity index (χ0n) is 13.8. The fourth-order valence-corrected chi connectivity index (χ4v) is 2.73. The van der Waals surface area contributed by atoms with Crippen molar-refractivity contribution in [1.82, 2.24) is 14.7 Å². The lowest BCUT2D eigenvalue weighted by Gasteiger charge is -2.10. The van der Waals surface area contributed by atoms with E-state index in [1.54, 1.807) is 30.5 Å². The summed E-state index contributed by atoms with van der Waals surface area (Å²) in [5, 5.41) is 5.75. The highest BCUT2D eigenvalue weighted by atomic mass is 16.2. The van der Waals surface area contributed by atoms with Gasteiger partial charge >= 0.3 is 0 Å². The van der Waals surface area contributed by atoms with Crippen molar-refractivity contribution in [2.45, 2.75) is 25.8 Å². The van der Waals surface area contributed by atoms with Crippen molar-refractivity contribution in [2.24, 2.45) is 0 Å². The Morgan fingerprint density at radius 3 is 2.64 bits per heavy atom. The second kappa shape index (κ2) is 6.05. The molecule has 1 saturated carbocycles. The number of fused-ring (bicyclic) bond motifs is 1. The molecule has 2 aromatic heterocycles.